The molecule has 0 fully saturated rings. The molecule has 0 atom stereocenters. The molecule has 5 heteroatoms. The van der Waals surface area contributed by atoms with Crippen LogP contribution in [0, 0.1) is 5.82 Å². The number of aromatic carboxylic acids is 1. The van der Waals surface area contributed by atoms with Crippen molar-refractivity contribution in [2.24, 2.45) is 0 Å². The number of benzene rings is 1. The second kappa shape index (κ2) is 7.74. The van der Waals surface area contributed by atoms with E-state index in [2.05, 4.69) is 24.1 Å². The third kappa shape index (κ3) is 4.87. The van der Waals surface area contributed by atoms with Crippen molar-refractivity contribution < 1.29 is 14.3 Å². The molecule has 19 heavy (non-hydrogen) atoms. The van der Waals surface area contributed by atoms with Crippen LogP contribution in [0.5, 0.6) is 0 Å². The lowest BCUT2D eigenvalue weighted by Gasteiger charge is -2.18. The van der Waals surface area contributed by atoms with Crippen LogP contribution in [0.25, 0.3) is 0 Å². The summed E-state index contributed by atoms with van der Waals surface area (Å²) in [6, 6.07) is 3.77. The van der Waals surface area contributed by atoms with E-state index in [-0.39, 0.29) is 5.56 Å². The van der Waals surface area contributed by atoms with Crippen molar-refractivity contribution in [3.05, 3.63) is 29.6 Å². The first-order valence-electron chi connectivity index (χ1n) is 6.57. The topological polar surface area (TPSA) is 52.6 Å². The molecule has 0 saturated heterocycles. The van der Waals surface area contributed by atoms with Crippen molar-refractivity contribution in [1.29, 1.82) is 0 Å². The number of halogens is 1. The number of hydrogen-bond acceptors (Lipinski definition) is 3. The number of hydrogen-bond donors (Lipinski definition) is 2. The highest BCUT2D eigenvalue weighted by molar-refractivity contribution is 5.94. The monoisotopic (exact) mass is 268 g/mol. The Hall–Kier alpha value is -1.62. The summed E-state index contributed by atoms with van der Waals surface area (Å²) in [7, 11) is 0. The normalized spacial score (nSPS) is 10.7. The van der Waals surface area contributed by atoms with Gasteiger partial charge >= 0.3 is 5.97 Å². The number of nitrogens with one attached hydrogen (secondary N) is 1. The Bertz CT molecular complexity index is 420. The first-order valence-corrected chi connectivity index (χ1v) is 6.57. The van der Waals surface area contributed by atoms with Crippen LogP contribution in [-0.2, 0) is 0 Å². The summed E-state index contributed by atoms with van der Waals surface area (Å²) in [6.45, 7) is 7.87. The molecule has 0 unspecified atom stereocenters. The molecule has 1 aromatic carbocycles. The molecule has 0 bridgehead atoms. The Morgan fingerprint density at radius 3 is 2.63 bits per heavy atom. The van der Waals surface area contributed by atoms with Crippen LogP contribution in [0.15, 0.2) is 18.2 Å². The number of carboxylic acid groups (broad SMARTS) is 1. The van der Waals surface area contributed by atoms with Crippen LogP contribution >= 0.6 is 0 Å². The van der Waals surface area contributed by atoms with Crippen LogP contribution in [0.1, 0.15) is 30.6 Å². The fourth-order valence-electron chi connectivity index (χ4n) is 1.91. The van der Waals surface area contributed by atoms with Crippen LogP contribution in [0.3, 0.4) is 0 Å². The first kappa shape index (κ1) is 15.4. The van der Waals surface area contributed by atoms with E-state index in [4.69, 9.17) is 5.11 Å². The number of rotatable bonds is 8. The highest BCUT2D eigenvalue weighted by Gasteiger charge is 2.10. The van der Waals surface area contributed by atoms with Crippen molar-refractivity contribution in [2.75, 3.05) is 31.5 Å². The lowest BCUT2D eigenvalue weighted by atomic mass is 10.1. The Labute approximate surface area is 113 Å². The fourth-order valence-corrected chi connectivity index (χ4v) is 1.91. The van der Waals surface area contributed by atoms with Gasteiger partial charge in [0.15, 0.2) is 0 Å². The van der Waals surface area contributed by atoms with Crippen molar-refractivity contribution in [3.8, 4) is 0 Å². The minimum atomic E-state index is -1.12. The summed E-state index contributed by atoms with van der Waals surface area (Å²) in [5, 5.41) is 12.0. The van der Waals surface area contributed by atoms with E-state index < -0.39 is 11.8 Å². The Morgan fingerprint density at radius 2 is 2.05 bits per heavy atom. The second-order valence-corrected chi connectivity index (χ2v) is 4.30. The minimum Gasteiger partial charge on any atom is -0.478 e. The second-order valence-electron chi connectivity index (χ2n) is 4.30. The Kier molecular flexibility index (Phi) is 6.29. The highest BCUT2D eigenvalue weighted by Crippen LogP contribution is 2.17. The van der Waals surface area contributed by atoms with Gasteiger partial charge in [0.2, 0.25) is 0 Å². The van der Waals surface area contributed by atoms with E-state index in [9.17, 15) is 9.18 Å². The van der Waals surface area contributed by atoms with E-state index in [1.54, 1.807) is 0 Å². The van der Waals surface area contributed by atoms with Crippen molar-refractivity contribution in [2.45, 2.75) is 20.3 Å². The SMILES string of the molecule is CCN(CC)CCCNc1ccc(F)cc1C(=O)O. The van der Waals surface area contributed by atoms with Crippen LogP contribution in [0.4, 0.5) is 10.1 Å². The maximum Gasteiger partial charge on any atom is 0.337 e. The number of nitrogens with zero attached hydrogens (tertiary/aromatic N) is 1. The Balaban J connectivity index is 2.51. The molecule has 1 rings (SSSR count). The molecule has 0 aliphatic rings. The van der Waals surface area contributed by atoms with E-state index in [1.165, 1.54) is 12.1 Å². The van der Waals surface area contributed by atoms with Gasteiger partial charge in [0.05, 0.1) is 5.56 Å². The largest absolute Gasteiger partial charge is 0.478 e. The molecule has 0 heterocycles. The van der Waals surface area contributed by atoms with Crippen LogP contribution in [0.2, 0.25) is 0 Å². The van der Waals surface area contributed by atoms with Gasteiger partial charge in [0, 0.05) is 12.2 Å². The van der Waals surface area contributed by atoms with Crippen LogP contribution in [-0.4, -0.2) is 42.2 Å². The average Bonchev–Trinajstić information content (AvgIpc) is 2.40. The third-order valence-electron chi connectivity index (χ3n) is 3.07. The number of anilines is 1. The summed E-state index contributed by atoms with van der Waals surface area (Å²) >= 11 is 0. The van der Waals surface area contributed by atoms with Crippen molar-refractivity contribution in [1.82, 2.24) is 4.90 Å². The number of carboxylic acids is 1. The average molecular weight is 268 g/mol. The molecule has 0 radical (unpaired) electrons. The molecule has 0 aliphatic carbocycles. The van der Waals surface area contributed by atoms with Gasteiger partial charge in [0.1, 0.15) is 5.82 Å². The van der Waals surface area contributed by atoms with E-state index in [0.29, 0.717) is 12.2 Å². The summed E-state index contributed by atoms with van der Waals surface area (Å²) in [4.78, 5) is 13.3. The lowest BCUT2D eigenvalue weighted by molar-refractivity contribution is 0.0697. The van der Waals surface area contributed by atoms with E-state index in [0.717, 1.165) is 32.1 Å². The van der Waals surface area contributed by atoms with Gasteiger partial charge in [-0.15, -0.1) is 0 Å². The summed E-state index contributed by atoms with van der Waals surface area (Å²) in [5.74, 6) is -1.66. The fraction of sp³-hybridized carbons (Fsp3) is 0.500. The summed E-state index contributed by atoms with van der Waals surface area (Å²) < 4.78 is 13.0. The molecule has 4 nitrogen and oxygen atoms in total. The van der Waals surface area contributed by atoms with Gasteiger partial charge in [-0.1, -0.05) is 13.8 Å². The molecule has 0 amide bonds. The standard InChI is InChI=1S/C14H21FN2O2/c1-3-17(4-2)9-5-8-16-13-7-6-11(15)10-12(13)14(18)19/h6-7,10,16H,3-5,8-9H2,1-2H3,(H,18,19). The predicted octanol–water partition coefficient (Wildman–Crippen LogP) is 2.67. The van der Waals surface area contributed by atoms with Gasteiger partial charge in [0.25, 0.3) is 0 Å². The smallest absolute Gasteiger partial charge is 0.337 e. The molecule has 2 N–H and O–H groups in total. The molecule has 0 spiro atoms. The molecular formula is C14H21FN2O2. The van der Waals surface area contributed by atoms with Gasteiger partial charge in [-0.3, -0.25) is 0 Å². The van der Waals surface area contributed by atoms with Crippen LogP contribution < -0.4 is 5.32 Å². The van der Waals surface area contributed by atoms with Gasteiger partial charge in [-0.25, -0.2) is 9.18 Å². The molecule has 1 aromatic rings. The third-order valence-corrected chi connectivity index (χ3v) is 3.07. The molecule has 0 aliphatic heterocycles. The quantitative estimate of drug-likeness (QED) is 0.712. The van der Waals surface area contributed by atoms with Gasteiger partial charge < -0.3 is 15.3 Å². The van der Waals surface area contributed by atoms with Gasteiger partial charge in [-0.05, 0) is 44.3 Å². The summed E-state index contributed by atoms with van der Waals surface area (Å²) in [6.07, 6.45) is 0.915. The molecule has 0 saturated carbocycles. The highest BCUT2D eigenvalue weighted by atomic mass is 19.1. The van der Waals surface area contributed by atoms with E-state index in [1.807, 2.05) is 0 Å². The van der Waals surface area contributed by atoms with Crippen molar-refractivity contribution in [3.63, 3.8) is 0 Å². The maximum absolute atomic E-state index is 13.0. The molecule has 106 valence electrons. The molecular weight excluding hydrogens is 247 g/mol. The number of carbonyl (C=O) groups is 1. The maximum atomic E-state index is 13.0. The zero-order chi connectivity index (χ0) is 14.3. The van der Waals surface area contributed by atoms with Crippen molar-refractivity contribution >= 4 is 11.7 Å². The first-order chi connectivity index (χ1) is 9.08. The summed E-state index contributed by atoms with van der Waals surface area (Å²) in [5.41, 5.74) is 0.441. The lowest BCUT2D eigenvalue weighted by Crippen LogP contribution is -2.25. The predicted molar refractivity (Wildman–Crippen MR) is 74.3 cm³/mol. The zero-order valence-electron chi connectivity index (χ0n) is 11.4. The molecule has 0 aromatic heterocycles. The van der Waals surface area contributed by atoms with E-state index >= 15 is 0 Å². The Morgan fingerprint density at radius 1 is 1.37 bits per heavy atom. The van der Waals surface area contributed by atoms with Gasteiger partial charge in [-0.2, -0.15) is 0 Å². The zero-order valence-corrected chi connectivity index (χ0v) is 11.4. The minimum absolute atomic E-state index is 0.0251.